The van der Waals surface area contributed by atoms with E-state index in [2.05, 4.69) is 9.97 Å². The van der Waals surface area contributed by atoms with Crippen LogP contribution in [0.15, 0.2) is 29.4 Å². The van der Waals surface area contributed by atoms with Gasteiger partial charge in [-0.1, -0.05) is 29.5 Å². The minimum absolute atomic E-state index is 0.187. The summed E-state index contributed by atoms with van der Waals surface area (Å²) in [7, 11) is 0. The summed E-state index contributed by atoms with van der Waals surface area (Å²) >= 11 is 1.37. The predicted octanol–water partition coefficient (Wildman–Crippen LogP) is 2.54. The summed E-state index contributed by atoms with van der Waals surface area (Å²) in [5.41, 5.74) is 7.69. The summed E-state index contributed by atoms with van der Waals surface area (Å²) in [5, 5.41) is 9.66. The zero-order valence-electron chi connectivity index (χ0n) is 11.3. The van der Waals surface area contributed by atoms with E-state index in [9.17, 15) is 0 Å². The first kappa shape index (κ1) is 14.2. The van der Waals surface area contributed by atoms with Crippen LogP contribution in [-0.2, 0) is 6.61 Å². The van der Waals surface area contributed by atoms with Crippen LogP contribution in [0.1, 0.15) is 16.8 Å². The Balaban J connectivity index is 2.22. The molecule has 0 aliphatic heterocycles. The van der Waals surface area contributed by atoms with Crippen molar-refractivity contribution >= 4 is 17.6 Å². The summed E-state index contributed by atoms with van der Waals surface area (Å²) < 4.78 is 5.64. The normalized spacial score (nSPS) is 10.1. The molecule has 2 rings (SSSR count). The Morgan fingerprint density at radius 3 is 2.60 bits per heavy atom. The number of nitriles is 1. The first-order valence-electron chi connectivity index (χ1n) is 5.94. The van der Waals surface area contributed by atoms with Gasteiger partial charge in [0.05, 0.1) is 0 Å². The quantitative estimate of drug-likeness (QED) is 0.686. The largest absolute Gasteiger partial charge is 0.487 e. The van der Waals surface area contributed by atoms with E-state index in [1.54, 1.807) is 0 Å². The predicted molar refractivity (Wildman–Crippen MR) is 78.5 cm³/mol. The lowest BCUT2D eigenvalue weighted by atomic mass is 10.2. The molecule has 0 saturated heterocycles. The third-order valence-corrected chi connectivity index (χ3v) is 3.23. The average molecular weight is 286 g/mol. The fourth-order valence-electron chi connectivity index (χ4n) is 1.61. The van der Waals surface area contributed by atoms with Crippen molar-refractivity contribution in [2.45, 2.75) is 18.7 Å². The van der Waals surface area contributed by atoms with Crippen LogP contribution in [0.25, 0.3) is 0 Å². The molecular weight excluding hydrogens is 272 g/mol. The van der Waals surface area contributed by atoms with Crippen LogP contribution >= 0.6 is 11.8 Å². The van der Waals surface area contributed by atoms with Crippen LogP contribution in [-0.4, -0.2) is 16.2 Å². The SMILES string of the molecule is CSc1nc(N)c(C#N)c(COc2ccc(C)cc2)n1. The second-order valence-corrected chi connectivity index (χ2v) is 4.90. The molecule has 20 heavy (non-hydrogen) atoms. The molecule has 0 fully saturated rings. The number of nitrogens with two attached hydrogens (primary N) is 1. The van der Waals surface area contributed by atoms with Crippen molar-refractivity contribution in [3.8, 4) is 11.8 Å². The number of thioether (sulfide) groups is 1. The van der Waals surface area contributed by atoms with E-state index in [4.69, 9.17) is 15.7 Å². The molecule has 0 amide bonds. The van der Waals surface area contributed by atoms with Gasteiger partial charge >= 0.3 is 0 Å². The third kappa shape index (κ3) is 3.19. The Bertz CT molecular complexity index is 649. The highest BCUT2D eigenvalue weighted by Crippen LogP contribution is 2.20. The van der Waals surface area contributed by atoms with Gasteiger partial charge in [-0.15, -0.1) is 0 Å². The zero-order valence-corrected chi connectivity index (χ0v) is 12.1. The summed E-state index contributed by atoms with van der Waals surface area (Å²) in [6.45, 7) is 2.19. The van der Waals surface area contributed by atoms with Gasteiger partial charge < -0.3 is 10.5 Å². The molecule has 0 saturated carbocycles. The topological polar surface area (TPSA) is 84.8 Å². The van der Waals surface area contributed by atoms with Gasteiger partial charge in [0, 0.05) is 0 Å². The molecule has 1 aromatic carbocycles. The third-order valence-electron chi connectivity index (χ3n) is 2.68. The standard InChI is InChI=1S/C14H14N4OS/c1-9-3-5-10(6-4-9)19-8-12-11(7-15)13(16)18-14(17-12)20-2/h3-6H,8H2,1-2H3,(H2,16,17,18). The van der Waals surface area contributed by atoms with E-state index >= 15 is 0 Å². The molecule has 6 heteroatoms. The minimum atomic E-state index is 0.187. The van der Waals surface area contributed by atoms with Gasteiger partial charge in [-0.05, 0) is 25.3 Å². The highest BCUT2D eigenvalue weighted by molar-refractivity contribution is 7.98. The lowest BCUT2D eigenvalue weighted by Gasteiger charge is -2.09. The van der Waals surface area contributed by atoms with Gasteiger partial charge in [0.2, 0.25) is 0 Å². The molecule has 2 aromatic rings. The van der Waals surface area contributed by atoms with E-state index < -0.39 is 0 Å². The minimum Gasteiger partial charge on any atom is -0.487 e. The fourth-order valence-corrected chi connectivity index (χ4v) is 2.00. The van der Waals surface area contributed by atoms with Gasteiger partial charge in [-0.25, -0.2) is 9.97 Å². The van der Waals surface area contributed by atoms with Crippen molar-refractivity contribution < 1.29 is 4.74 Å². The Morgan fingerprint density at radius 1 is 1.30 bits per heavy atom. The molecule has 102 valence electrons. The first-order chi connectivity index (χ1) is 9.63. The molecule has 0 spiro atoms. The monoisotopic (exact) mass is 286 g/mol. The number of aromatic nitrogens is 2. The van der Waals surface area contributed by atoms with Crippen molar-refractivity contribution in [3.05, 3.63) is 41.1 Å². The zero-order chi connectivity index (χ0) is 14.5. The van der Waals surface area contributed by atoms with Gasteiger partial charge in [0.15, 0.2) is 5.16 Å². The van der Waals surface area contributed by atoms with Crippen molar-refractivity contribution in [1.82, 2.24) is 9.97 Å². The number of nitrogens with zero attached hydrogens (tertiary/aromatic N) is 3. The highest BCUT2D eigenvalue weighted by atomic mass is 32.2. The van der Waals surface area contributed by atoms with Gasteiger partial charge in [0.1, 0.15) is 35.5 Å². The number of aryl methyl sites for hydroxylation is 1. The fraction of sp³-hybridized carbons (Fsp3) is 0.214. The number of hydrogen-bond donors (Lipinski definition) is 1. The summed E-state index contributed by atoms with van der Waals surface area (Å²) in [6.07, 6.45) is 1.85. The number of hydrogen-bond acceptors (Lipinski definition) is 6. The molecule has 2 N–H and O–H groups in total. The van der Waals surface area contributed by atoms with Gasteiger partial charge in [-0.2, -0.15) is 5.26 Å². The molecule has 5 nitrogen and oxygen atoms in total. The molecule has 0 radical (unpaired) electrons. The smallest absolute Gasteiger partial charge is 0.189 e. The second-order valence-electron chi connectivity index (χ2n) is 4.13. The van der Waals surface area contributed by atoms with Gasteiger partial charge in [0.25, 0.3) is 0 Å². The van der Waals surface area contributed by atoms with Gasteiger partial charge in [-0.3, -0.25) is 0 Å². The number of anilines is 1. The number of benzene rings is 1. The van der Waals surface area contributed by atoms with Crippen LogP contribution in [0, 0.1) is 18.3 Å². The average Bonchev–Trinajstić information content (AvgIpc) is 2.46. The van der Waals surface area contributed by atoms with Crippen LogP contribution < -0.4 is 10.5 Å². The lowest BCUT2D eigenvalue weighted by Crippen LogP contribution is -2.08. The summed E-state index contributed by atoms with van der Waals surface area (Å²) in [5.74, 6) is 0.914. The van der Waals surface area contributed by atoms with Crippen molar-refractivity contribution in [2.24, 2.45) is 0 Å². The molecule has 1 heterocycles. The molecule has 0 aliphatic rings. The van der Waals surface area contributed by atoms with E-state index in [-0.39, 0.29) is 18.0 Å². The lowest BCUT2D eigenvalue weighted by molar-refractivity contribution is 0.299. The molecule has 1 aromatic heterocycles. The molecule has 0 bridgehead atoms. The molecular formula is C14H14N4OS. The summed E-state index contributed by atoms with van der Waals surface area (Å²) in [6, 6.07) is 9.70. The highest BCUT2D eigenvalue weighted by Gasteiger charge is 2.12. The van der Waals surface area contributed by atoms with E-state index in [1.165, 1.54) is 11.8 Å². The Hall–Kier alpha value is -2.26. The second kappa shape index (κ2) is 6.26. The van der Waals surface area contributed by atoms with E-state index in [0.717, 1.165) is 11.3 Å². The maximum absolute atomic E-state index is 9.12. The molecule has 0 unspecified atom stereocenters. The molecule has 0 atom stereocenters. The van der Waals surface area contributed by atoms with Crippen LogP contribution in [0.4, 0.5) is 5.82 Å². The van der Waals surface area contributed by atoms with Crippen LogP contribution in [0.3, 0.4) is 0 Å². The van der Waals surface area contributed by atoms with Crippen molar-refractivity contribution in [2.75, 3.05) is 12.0 Å². The number of ether oxygens (including phenoxy) is 1. The van der Waals surface area contributed by atoms with Crippen molar-refractivity contribution in [3.63, 3.8) is 0 Å². The Morgan fingerprint density at radius 2 is 2.00 bits per heavy atom. The first-order valence-corrected chi connectivity index (χ1v) is 7.16. The van der Waals surface area contributed by atoms with E-state index in [0.29, 0.717) is 10.9 Å². The molecule has 0 aliphatic carbocycles. The summed E-state index contributed by atoms with van der Waals surface area (Å²) in [4.78, 5) is 8.32. The maximum Gasteiger partial charge on any atom is 0.189 e. The van der Waals surface area contributed by atoms with Crippen LogP contribution in [0.5, 0.6) is 5.75 Å². The Kier molecular flexibility index (Phi) is 4.43. The van der Waals surface area contributed by atoms with E-state index in [1.807, 2.05) is 43.5 Å². The van der Waals surface area contributed by atoms with Crippen molar-refractivity contribution in [1.29, 1.82) is 5.26 Å². The number of rotatable bonds is 4. The maximum atomic E-state index is 9.12. The Labute approximate surface area is 121 Å². The number of nitrogen functional groups attached to an aromatic ring is 1. The van der Waals surface area contributed by atoms with Crippen LogP contribution in [0.2, 0.25) is 0 Å².